The van der Waals surface area contributed by atoms with E-state index in [0.29, 0.717) is 32.7 Å². The number of carbonyl (C=O) groups is 2. The lowest BCUT2D eigenvalue weighted by Gasteiger charge is -2.12. The molecule has 27 heavy (non-hydrogen) atoms. The number of hydrogen-bond acceptors (Lipinski definition) is 6. The van der Waals surface area contributed by atoms with Crippen LogP contribution in [0.3, 0.4) is 0 Å². The van der Waals surface area contributed by atoms with Gasteiger partial charge in [-0.1, -0.05) is 17.7 Å². The lowest BCUT2D eigenvalue weighted by atomic mass is 10.2. The van der Waals surface area contributed by atoms with E-state index < -0.39 is 5.91 Å². The number of rotatable bonds is 5. The van der Waals surface area contributed by atoms with Crippen LogP contribution in [0.5, 0.6) is 11.5 Å². The lowest BCUT2D eigenvalue weighted by molar-refractivity contribution is -0.113. The van der Waals surface area contributed by atoms with Crippen LogP contribution in [0, 0.1) is 11.3 Å². The Balaban J connectivity index is 1.87. The maximum atomic E-state index is 12.7. The Labute approximate surface area is 164 Å². The Hall–Kier alpha value is -2.95. The SMILES string of the molecule is COc1cc(/C=C2/SC(=O)N(c3ccc(Cl)cc3)C2=O)ccc1OCC#N. The van der Waals surface area contributed by atoms with Crippen LogP contribution in [0.25, 0.3) is 6.08 Å². The summed E-state index contributed by atoms with van der Waals surface area (Å²) in [5.41, 5.74) is 1.13. The van der Waals surface area contributed by atoms with Gasteiger partial charge in [0.25, 0.3) is 11.1 Å². The highest BCUT2D eigenvalue weighted by molar-refractivity contribution is 8.19. The van der Waals surface area contributed by atoms with Crippen molar-refractivity contribution in [2.24, 2.45) is 0 Å². The number of anilines is 1. The maximum Gasteiger partial charge on any atom is 0.298 e. The monoisotopic (exact) mass is 400 g/mol. The molecule has 1 aliphatic heterocycles. The minimum atomic E-state index is -0.406. The van der Waals surface area contributed by atoms with Crippen LogP contribution in [0.15, 0.2) is 47.4 Å². The normalized spacial score (nSPS) is 15.1. The Kier molecular flexibility index (Phi) is 5.69. The molecule has 1 fully saturated rings. The minimum absolute atomic E-state index is 0.102. The summed E-state index contributed by atoms with van der Waals surface area (Å²) in [4.78, 5) is 26.3. The molecule has 0 spiro atoms. The highest BCUT2D eigenvalue weighted by Crippen LogP contribution is 2.37. The van der Waals surface area contributed by atoms with Gasteiger partial charge in [-0.05, 0) is 59.8 Å². The largest absolute Gasteiger partial charge is 0.493 e. The van der Waals surface area contributed by atoms with Gasteiger partial charge in [0.2, 0.25) is 0 Å². The number of nitrogens with zero attached hydrogens (tertiary/aromatic N) is 2. The number of carbonyl (C=O) groups excluding carboxylic acids is 2. The van der Waals surface area contributed by atoms with Crippen molar-refractivity contribution in [3.63, 3.8) is 0 Å². The fourth-order valence-electron chi connectivity index (χ4n) is 2.44. The third-order valence-electron chi connectivity index (χ3n) is 3.66. The van der Waals surface area contributed by atoms with E-state index in [9.17, 15) is 9.59 Å². The van der Waals surface area contributed by atoms with E-state index >= 15 is 0 Å². The van der Waals surface area contributed by atoms with E-state index in [1.165, 1.54) is 7.11 Å². The van der Waals surface area contributed by atoms with Crippen molar-refractivity contribution in [3.8, 4) is 17.6 Å². The first-order valence-corrected chi connectivity index (χ1v) is 8.94. The molecule has 1 heterocycles. The molecule has 2 aromatic carbocycles. The van der Waals surface area contributed by atoms with E-state index in [0.717, 1.165) is 16.7 Å². The molecule has 0 atom stereocenters. The van der Waals surface area contributed by atoms with Gasteiger partial charge in [-0.2, -0.15) is 5.26 Å². The number of methoxy groups -OCH3 is 1. The van der Waals surface area contributed by atoms with Crippen molar-refractivity contribution in [3.05, 3.63) is 58.0 Å². The van der Waals surface area contributed by atoms with Crippen LogP contribution in [0.1, 0.15) is 5.56 Å². The van der Waals surface area contributed by atoms with E-state index in [1.807, 2.05) is 6.07 Å². The molecule has 6 nitrogen and oxygen atoms in total. The number of hydrogen-bond donors (Lipinski definition) is 0. The van der Waals surface area contributed by atoms with Crippen molar-refractivity contribution in [1.29, 1.82) is 5.26 Å². The molecule has 0 saturated carbocycles. The Morgan fingerprint density at radius 1 is 1.19 bits per heavy atom. The summed E-state index contributed by atoms with van der Waals surface area (Å²) in [6, 6.07) is 13.4. The van der Waals surface area contributed by atoms with Crippen molar-refractivity contribution < 1.29 is 19.1 Å². The number of nitriles is 1. The van der Waals surface area contributed by atoms with Gasteiger partial charge < -0.3 is 9.47 Å². The third kappa shape index (κ3) is 4.08. The topological polar surface area (TPSA) is 79.6 Å². The van der Waals surface area contributed by atoms with Gasteiger partial charge in [0, 0.05) is 5.02 Å². The van der Waals surface area contributed by atoms with Crippen LogP contribution >= 0.6 is 23.4 Å². The number of thioether (sulfide) groups is 1. The second kappa shape index (κ2) is 8.16. The number of imide groups is 1. The minimum Gasteiger partial charge on any atom is -0.493 e. The van der Waals surface area contributed by atoms with Crippen LogP contribution in [0.2, 0.25) is 5.02 Å². The molecule has 136 valence electrons. The molecule has 2 aromatic rings. The predicted octanol–water partition coefficient (Wildman–Crippen LogP) is 4.49. The van der Waals surface area contributed by atoms with Crippen molar-refractivity contribution in [1.82, 2.24) is 0 Å². The molecule has 1 saturated heterocycles. The maximum absolute atomic E-state index is 12.7. The van der Waals surface area contributed by atoms with Gasteiger partial charge in [0.15, 0.2) is 18.1 Å². The van der Waals surface area contributed by atoms with E-state index in [2.05, 4.69) is 0 Å². The zero-order chi connectivity index (χ0) is 19.4. The lowest BCUT2D eigenvalue weighted by Crippen LogP contribution is -2.27. The molecule has 0 unspecified atom stereocenters. The summed E-state index contributed by atoms with van der Waals surface area (Å²) < 4.78 is 10.5. The average Bonchev–Trinajstić information content (AvgIpc) is 2.94. The van der Waals surface area contributed by atoms with Gasteiger partial charge in [-0.15, -0.1) is 0 Å². The molecule has 2 amide bonds. The molecule has 8 heteroatoms. The molecule has 1 aliphatic rings. The van der Waals surface area contributed by atoms with Gasteiger partial charge in [0.05, 0.1) is 17.7 Å². The first-order valence-electron chi connectivity index (χ1n) is 7.75. The van der Waals surface area contributed by atoms with Gasteiger partial charge in [-0.3, -0.25) is 9.59 Å². The zero-order valence-corrected chi connectivity index (χ0v) is 15.7. The summed E-state index contributed by atoms with van der Waals surface area (Å²) in [5.74, 6) is 0.442. The van der Waals surface area contributed by atoms with Crippen LogP contribution in [0.4, 0.5) is 10.5 Å². The van der Waals surface area contributed by atoms with Crippen LogP contribution < -0.4 is 14.4 Å². The number of amides is 2. The van der Waals surface area contributed by atoms with E-state index in [4.69, 9.17) is 26.3 Å². The fraction of sp³-hybridized carbons (Fsp3) is 0.105. The summed E-state index contributed by atoms with van der Waals surface area (Å²) in [6.07, 6.45) is 1.61. The van der Waals surface area contributed by atoms with Gasteiger partial charge >= 0.3 is 0 Å². The first kappa shape index (κ1) is 18.8. The van der Waals surface area contributed by atoms with E-state index in [-0.39, 0.29) is 11.8 Å². The average molecular weight is 401 g/mol. The molecule has 3 rings (SSSR count). The summed E-state index contributed by atoms with van der Waals surface area (Å²) in [6.45, 7) is -0.102. The second-order valence-electron chi connectivity index (χ2n) is 5.35. The zero-order valence-electron chi connectivity index (χ0n) is 14.1. The highest BCUT2D eigenvalue weighted by atomic mass is 35.5. The first-order chi connectivity index (χ1) is 13.0. The molecular weight excluding hydrogens is 388 g/mol. The third-order valence-corrected chi connectivity index (χ3v) is 4.78. The Bertz CT molecular complexity index is 967. The predicted molar refractivity (Wildman–Crippen MR) is 104 cm³/mol. The number of ether oxygens (including phenoxy) is 2. The molecular formula is C19H13ClN2O4S. The molecule has 0 bridgehead atoms. The number of benzene rings is 2. The summed E-state index contributed by atoms with van der Waals surface area (Å²) >= 11 is 6.71. The van der Waals surface area contributed by atoms with Crippen LogP contribution in [-0.2, 0) is 4.79 Å². The van der Waals surface area contributed by atoms with Crippen molar-refractivity contribution >= 4 is 46.3 Å². The second-order valence-corrected chi connectivity index (χ2v) is 6.78. The Morgan fingerprint density at radius 3 is 2.59 bits per heavy atom. The van der Waals surface area contributed by atoms with Crippen molar-refractivity contribution in [2.45, 2.75) is 0 Å². The molecule has 0 aliphatic carbocycles. The van der Waals surface area contributed by atoms with Crippen LogP contribution in [-0.4, -0.2) is 24.9 Å². The standard InChI is InChI=1S/C19H13ClN2O4S/c1-25-16-10-12(2-7-15(16)26-9-8-21)11-17-18(23)22(19(24)27-17)14-5-3-13(20)4-6-14/h2-7,10-11H,9H2,1H3/b17-11+. The number of halogens is 1. The van der Waals surface area contributed by atoms with Gasteiger partial charge in [0.1, 0.15) is 6.07 Å². The van der Waals surface area contributed by atoms with E-state index in [1.54, 1.807) is 48.5 Å². The fourth-order valence-corrected chi connectivity index (χ4v) is 3.40. The van der Waals surface area contributed by atoms with Gasteiger partial charge in [-0.25, -0.2) is 4.90 Å². The Morgan fingerprint density at radius 2 is 1.93 bits per heavy atom. The highest BCUT2D eigenvalue weighted by Gasteiger charge is 2.36. The molecule has 0 aromatic heterocycles. The quantitative estimate of drug-likeness (QED) is 0.688. The summed E-state index contributed by atoms with van der Waals surface area (Å²) in [7, 11) is 1.48. The molecule has 0 radical (unpaired) electrons. The van der Waals surface area contributed by atoms with Crippen molar-refractivity contribution in [2.75, 3.05) is 18.6 Å². The summed E-state index contributed by atoms with van der Waals surface area (Å²) in [5, 5.41) is 8.75. The molecule has 0 N–H and O–H groups in total. The smallest absolute Gasteiger partial charge is 0.298 e.